The first-order valence-corrected chi connectivity index (χ1v) is 6.13. The van der Waals surface area contributed by atoms with Gasteiger partial charge in [0, 0.05) is 12.0 Å². The van der Waals surface area contributed by atoms with Gasteiger partial charge in [-0.1, -0.05) is 12.1 Å². The van der Waals surface area contributed by atoms with E-state index in [-0.39, 0.29) is 17.9 Å². The maximum Gasteiger partial charge on any atom is 0.407 e. The summed E-state index contributed by atoms with van der Waals surface area (Å²) in [6, 6.07) is 7.24. The third kappa shape index (κ3) is 3.39. The van der Waals surface area contributed by atoms with Crippen molar-refractivity contribution in [1.82, 2.24) is 5.32 Å². The molecule has 0 aliphatic heterocycles. The molecule has 98 valence electrons. The molecule has 0 bridgehead atoms. The van der Waals surface area contributed by atoms with Crippen LogP contribution in [0, 0.1) is 0 Å². The molecule has 1 amide bonds. The number of ether oxygens (including phenoxy) is 1. The molecule has 1 fully saturated rings. The predicted molar refractivity (Wildman–Crippen MR) is 68.6 cm³/mol. The molecule has 4 nitrogen and oxygen atoms in total. The van der Waals surface area contributed by atoms with Gasteiger partial charge in [0.2, 0.25) is 0 Å². The van der Waals surface area contributed by atoms with Gasteiger partial charge in [0.25, 0.3) is 0 Å². The Balaban J connectivity index is 1.85. The fourth-order valence-corrected chi connectivity index (χ4v) is 1.90. The van der Waals surface area contributed by atoms with Crippen LogP contribution in [0.5, 0.6) is 5.75 Å². The number of carbonyl (C=O) groups is 1. The van der Waals surface area contributed by atoms with Crippen LogP contribution >= 0.6 is 0 Å². The number of phenolic OH excluding ortho intramolecular Hbond substituents is 1. The molecule has 0 aromatic heterocycles. The first-order chi connectivity index (χ1) is 8.35. The van der Waals surface area contributed by atoms with Gasteiger partial charge in [0.15, 0.2) is 0 Å². The quantitative estimate of drug-likeness (QED) is 0.847. The van der Waals surface area contributed by atoms with Crippen molar-refractivity contribution in [2.75, 3.05) is 0 Å². The van der Waals surface area contributed by atoms with Gasteiger partial charge in [0.1, 0.15) is 11.4 Å². The number of carbonyl (C=O) groups excluding carboxylic acids is 1. The second-order valence-corrected chi connectivity index (χ2v) is 5.69. The molecular formula is C14H19NO3. The van der Waals surface area contributed by atoms with Crippen LogP contribution in [-0.4, -0.2) is 22.8 Å². The molecule has 2 rings (SSSR count). The fraction of sp³-hybridized carbons (Fsp3) is 0.500. The predicted octanol–water partition coefficient (Wildman–Crippen LogP) is 2.77. The van der Waals surface area contributed by atoms with Gasteiger partial charge in [0.05, 0.1) is 0 Å². The summed E-state index contributed by atoms with van der Waals surface area (Å²) in [6.45, 7) is 5.53. The van der Waals surface area contributed by atoms with Crippen LogP contribution in [0.25, 0.3) is 0 Å². The van der Waals surface area contributed by atoms with Crippen LogP contribution < -0.4 is 5.32 Å². The molecule has 0 saturated heterocycles. The van der Waals surface area contributed by atoms with E-state index in [4.69, 9.17) is 4.74 Å². The zero-order chi connectivity index (χ0) is 13.3. The molecular weight excluding hydrogens is 230 g/mol. The van der Waals surface area contributed by atoms with Gasteiger partial charge in [-0.05, 0) is 44.9 Å². The maximum atomic E-state index is 11.6. The standard InChI is InChI=1S/C14H19NO3/c1-14(2,3)18-13(17)15-12-8-11(12)9-4-6-10(16)7-5-9/h4-7,11-12,16H,8H2,1-3H3,(H,15,17). The highest BCUT2D eigenvalue weighted by molar-refractivity contribution is 5.69. The molecule has 1 aliphatic carbocycles. The van der Waals surface area contributed by atoms with E-state index in [0.717, 1.165) is 12.0 Å². The van der Waals surface area contributed by atoms with Crippen molar-refractivity contribution in [3.63, 3.8) is 0 Å². The maximum absolute atomic E-state index is 11.6. The summed E-state index contributed by atoms with van der Waals surface area (Å²) >= 11 is 0. The van der Waals surface area contributed by atoms with Crippen LogP contribution in [0.2, 0.25) is 0 Å². The molecule has 1 aromatic rings. The Morgan fingerprint density at radius 2 is 1.94 bits per heavy atom. The Labute approximate surface area is 107 Å². The van der Waals surface area contributed by atoms with Crippen LogP contribution in [0.15, 0.2) is 24.3 Å². The largest absolute Gasteiger partial charge is 0.508 e. The third-order valence-corrected chi connectivity index (χ3v) is 2.81. The summed E-state index contributed by atoms with van der Waals surface area (Å²) in [7, 11) is 0. The summed E-state index contributed by atoms with van der Waals surface area (Å²) in [6.07, 6.45) is 0.554. The second-order valence-electron chi connectivity index (χ2n) is 5.69. The van der Waals surface area contributed by atoms with Crippen LogP contribution in [0.4, 0.5) is 4.79 Å². The molecule has 18 heavy (non-hydrogen) atoms. The molecule has 2 atom stereocenters. The van der Waals surface area contributed by atoms with E-state index in [1.165, 1.54) is 0 Å². The summed E-state index contributed by atoms with van der Waals surface area (Å²) in [5.74, 6) is 0.592. The number of benzene rings is 1. The fourth-order valence-electron chi connectivity index (χ4n) is 1.90. The van der Waals surface area contributed by atoms with Crippen LogP contribution in [0.1, 0.15) is 38.7 Å². The molecule has 0 radical (unpaired) electrons. The SMILES string of the molecule is CC(C)(C)OC(=O)NC1CC1c1ccc(O)cc1. The average molecular weight is 249 g/mol. The number of nitrogens with one attached hydrogen (secondary N) is 1. The Bertz CT molecular complexity index is 433. The highest BCUT2D eigenvalue weighted by atomic mass is 16.6. The third-order valence-electron chi connectivity index (χ3n) is 2.81. The number of rotatable bonds is 2. The summed E-state index contributed by atoms with van der Waals surface area (Å²) in [4.78, 5) is 11.6. The lowest BCUT2D eigenvalue weighted by molar-refractivity contribution is 0.0523. The van der Waals surface area contributed by atoms with E-state index in [0.29, 0.717) is 5.92 Å². The van der Waals surface area contributed by atoms with Crippen molar-refractivity contribution < 1.29 is 14.6 Å². The van der Waals surface area contributed by atoms with E-state index in [1.807, 2.05) is 32.9 Å². The Morgan fingerprint density at radius 3 is 2.50 bits per heavy atom. The minimum atomic E-state index is -0.465. The summed E-state index contributed by atoms with van der Waals surface area (Å²) in [5, 5.41) is 12.1. The zero-order valence-electron chi connectivity index (χ0n) is 10.9. The number of hydrogen-bond donors (Lipinski definition) is 2. The summed E-state index contributed by atoms with van der Waals surface area (Å²) < 4.78 is 5.20. The molecule has 1 saturated carbocycles. The monoisotopic (exact) mass is 249 g/mol. The van der Waals surface area contributed by atoms with Crippen molar-refractivity contribution in [2.24, 2.45) is 0 Å². The lowest BCUT2D eigenvalue weighted by Crippen LogP contribution is -2.34. The Kier molecular flexibility index (Phi) is 3.20. The normalized spacial score (nSPS) is 22.4. The van der Waals surface area contributed by atoms with Gasteiger partial charge < -0.3 is 15.2 Å². The first-order valence-electron chi connectivity index (χ1n) is 6.13. The lowest BCUT2D eigenvalue weighted by atomic mass is 10.1. The van der Waals surface area contributed by atoms with Crippen molar-refractivity contribution in [3.05, 3.63) is 29.8 Å². The minimum absolute atomic E-state index is 0.143. The smallest absolute Gasteiger partial charge is 0.407 e. The molecule has 0 heterocycles. The Hall–Kier alpha value is -1.71. The van der Waals surface area contributed by atoms with Gasteiger partial charge in [-0.15, -0.1) is 0 Å². The van der Waals surface area contributed by atoms with Gasteiger partial charge >= 0.3 is 6.09 Å². The molecule has 0 spiro atoms. The number of phenols is 1. The Morgan fingerprint density at radius 1 is 1.33 bits per heavy atom. The number of amides is 1. The van der Waals surface area contributed by atoms with E-state index < -0.39 is 5.60 Å². The van der Waals surface area contributed by atoms with E-state index in [1.54, 1.807) is 12.1 Å². The molecule has 4 heteroatoms. The van der Waals surface area contributed by atoms with Crippen LogP contribution in [-0.2, 0) is 4.74 Å². The minimum Gasteiger partial charge on any atom is -0.508 e. The highest BCUT2D eigenvalue weighted by Crippen LogP contribution is 2.41. The summed E-state index contributed by atoms with van der Waals surface area (Å²) in [5.41, 5.74) is 0.668. The van der Waals surface area contributed by atoms with Crippen molar-refractivity contribution >= 4 is 6.09 Å². The molecule has 1 aromatic carbocycles. The average Bonchev–Trinajstić information content (AvgIpc) is 2.95. The van der Waals surface area contributed by atoms with Gasteiger partial charge in [-0.25, -0.2) is 4.79 Å². The van der Waals surface area contributed by atoms with Crippen LogP contribution in [0.3, 0.4) is 0 Å². The zero-order valence-corrected chi connectivity index (χ0v) is 10.9. The van der Waals surface area contributed by atoms with E-state index >= 15 is 0 Å². The molecule has 1 aliphatic rings. The van der Waals surface area contributed by atoms with Gasteiger partial charge in [-0.3, -0.25) is 0 Å². The molecule has 2 N–H and O–H groups in total. The lowest BCUT2D eigenvalue weighted by Gasteiger charge is -2.19. The van der Waals surface area contributed by atoms with Gasteiger partial charge in [-0.2, -0.15) is 0 Å². The van der Waals surface area contributed by atoms with E-state index in [9.17, 15) is 9.90 Å². The van der Waals surface area contributed by atoms with E-state index in [2.05, 4.69) is 5.32 Å². The van der Waals surface area contributed by atoms with Crippen molar-refractivity contribution in [1.29, 1.82) is 0 Å². The second kappa shape index (κ2) is 4.52. The topological polar surface area (TPSA) is 58.6 Å². The van der Waals surface area contributed by atoms with Crippen molar-refractivity contribution in [2.45, 2.75) is 44.8 Å². The number of hydrogen-bond acceptors (Lipinski definition) is 3. The highest BCUT2D eigenvalue weighted by Gasteiger charge is 2.40. The first kappa shape index (κ1) is 12.7. The number of alkyl carbamates (subject to hydrolysis) is 1. The molecule has 2 unspecified atom stereocenters. The van der Waals surface area contributed by atoms with Crippen molar-refractivity contribution in [3.8, 4) is 5.75 Å². The number of aromatic hydroxyl groups is 1.